The Morgan fingerprint density at radius 2 is 1.38 bits per heavy atom. The highest BCUT2D eigenvalue weighted by atomic mass is 79.9. The maximum atomic E-state index is 15.2. The van der Waals surface area contributed by atoms with E-state index in [2.05, 4.69) is 26.0 Å². The van der Waals surface area contributed by atoms with E-state index in [-0.39, 0.29) is 23.4 Å². The van der Waals surface area contributed by atoms with Crippen LogP contribution < -0.4 is 20.1 Å². The van der Waals surface area contributed by atoms with Crippen molar-refractivity contribution in [1.29, 1.82) is 0 Å². The first-order valence-electron chi connectivity index (χ1n) is 11.1. The van der Waals surface area contributed by atoms with Crippen LogP contribution >= 0.6 is 15.9 Å². The molecule has 0 unspecified atom stereocenters. The molecule has 3 rings (SSSR count). The number of nitrogens with one attached hydrogen (secondary N) is 2. The number of carbonyl (C=O) groups excluding carboxylic acids is 2. The van der Waals surface area contributed by atoms with Gasteiger partial charge in [0.05, 0.1) is 29.6 Å². The van der Waals surface area contributed by atoms with E-state index in [1.165, 1.54) is 25.3 Å². The van der Waals surface area contributed by atoms with Gasteiger partial charge in [-0.05, 0) is 52.3 Å². The lowest BCUT2D eigenvalue weighted by Gasteiger charge is -2.31. The van der Waals surface area contributed by atoms with E-state index in [0.29, 0.717) is 0 Å². The summed E-state index contributed by atoms with van der Waals surface area (Å²) in [5.41, 5.74) is -10.6. The van der Waals surface area contributed by atoms with Crippen LogP contribution in [0, 0.1) is 5.82 Å². The molecule has 0 saturated heterocycles. The minimum Gasteiger partial charge on any atom is -0.496 e. The fourth-order valence-corrected chi connectivity index (χ4v) is 4.13. The first-order valence-corrected chi connectivity index (χ1v) is 11.9. The summed E-state index contributed by atoms with van der Waals surface area (Å²) < 4.78 is 143. The molecule has 0 aliphatic rings. The van der Waals surface area contributed by atoms with Gasteiger partial charge in [-0.2, -0.15) is 35.1 Å². The van der Waals surface area contributed by atoms with E-state index in [4.69, 9.17) is 4.74 Å². The van der Waals surface area contributed by atoms with Crippen molar-refractivity contribution in [3.05, 3.63) is 81.6 Å². The van der Waals surface area contributed by atoms with Gasteiger partial charge in [-0.15, -0.1) is 0 Å². The van der Waals surface area contributed by atoms with Gasteiger partial charge < -0.3 is 20.1 Å². The number of anilines is 2. The third kappa shape index (κ3) is 6.39. The van der Waals surface area contributed by atoms with E-state index in [0.717, 1.165) is 18.2 Å². The molecule has 3 aromatic carbocycles. The molecule has 0 aliphatic carbocycles. The van der Waals surface area contributed by atoms with Crippen LogP contribution in [0.5, 0.6) is 11.5 Å². The van der Waals surface area contributed by atoms with Crippen molar-refractivity contribution in [3.8, 4) is 11.5 Å². The number of amides is 2. The van der Waals surface area contributed by atoms with Gasteiger partial charge >= 0.3 is 24.6 Å². The Kier molecular flexibility index (Phi) is 9.34. The van der Waals surface area contributed by atoms with Crippen LogP contribution in [0.3, 0.4) is 0 Å². The molecule has 0 aliphatic heterocycles. The first kappa shape index (κ1) is 32.5. The van der Waals surface area contributed by atoms with Crippen molar-refractivity contribution in [1.82, 2.24) is 0 Å². The van der Waals surface area contributed by atoms with Gasteiger partial charge in [-0.1, -0.05) is 18.2 Å². The lowest BCUT2D eigenvalue weighted by atomic mass is 9.93. The zero-order valence-electron chi connectivity index (χ0n) is 20.6. The molecule has 0 atom stereocenters. The fraction of sp³-hybridized carbons (Fsp3) is 0.200. The number of hydrogen-bond donors (Lipinski definition) is 2. The summed E-state index contributed by atoms with van der Waals surface area (Å²) in [7, 11) is 1.27. The van der Waals surface area contributed by atoms with Crippen molar-refractivity contribution < 1.29 is 63.0 Å². The summed E-state index contributed by atoms with van der Waals surface area (Å²) in [6.45, 7) is -3.86. The van der Waals surface area contributed by atoms with Crippen LogP contribution in [0.2, 0.25) is 0 Å². The second kappa shape index (κ2) is 12.1. The summed E-state index contributed by atoms with van der Waals surface area (Å²) in [5.74, 6) is -5.08. The second-order valence-corrected chi connectivity index (χ2v) is 8.99. The van der Waals surface area contributed by atoms with Gasteiger partial charge in [0.1, 0.15) is 5.75 Å². The highest BCUT2D eigenvalue weighted by molar-refractivity contribution is 9.10. The largest absolute Gasteiger partial charge is 0.496 e. The third-order valence-electron chi connectivity index (χ3n) is 5.53. The monoisotopic (exact) mass is 676 g/mol. The number of halogens is 11. The van der Waals surface area contributed by atoms with E-state index in [1.807, 2.05) is 5.32 Å². The Morgan fingerprint density at radius 3 is 1.95 bits per heavy atom. The van der Waals surface area contributed by atoms with E-state index in [9.17, 15) is 49.1 Å². The SMILES string of the molecule is COc1ccccc1C(=O)Nc1cccc(C(=O)Nc2c(Br)cc(C(F)(C(F)(F)F)C(F)(F)F)cc2OC(F)F)c1F. The molecular weight excluding hydrogens is 662 g/mol. The standard InChI is InChI=1S/C25H15BrF10N2O4/c1-41-16-8-3-2-5-12(16)20(39)37-15-7-4-6-13(18(15)27)21(40)38-19-14(26)9-11(10-17(19)42-22(28)29)23(30,24(31,32)33)25(34,35)36/h2-10,22H,1H3,(H,37,39)(H,38,40). The number of carbonyl (C=O) groups is 2. The normalized spacial score (nSPS) is 12.2. The summed E-state index contributed by atoms with van der Waals surface area (Å²) in [6, 6.07) is 8.43. The lowest BCUT2D eigenvalue weighted by molar-refractivity contribution is -0.348. The highest BCUT2D eigenvalue weighted by Crippen LogP contribution is 2.55. The van der Waals surface area contributed by atoms with Gasteiger partial charge in [0.15, 0.2) is 11.6 Å². The molecule has 0 fully saturated rings. The average Bonchev–Trinajstić information content (AvgIpc) is 2.89. The van der Waals surface area contributed by atoms with Crippen molar-refractivity contribution in [2.24, 2.45) is 0 Å². The van der Waals surface area contributed by atoms with Crippen LogP contribution in [0.1, 0.15) is 26.3 Å². The van der Waals surface area contributed by atoms with Gasteiger partial charge in [-0.3, -0.25) is 9.59 Å². The Labute approximate surface area is 237 Å². The Morgan fingerprint density at radius 1 is 0.810 bits per heavy atom. The zero-order valence-corrected chi connectivity index (χ0v) is 22.2. The van der Waals surface area contributed by atoms with Gasteiger partial charge in [0.25, 0.3) is 11.8 Å². The number of alkyl halides is 9. The second-order valence-electron chi connectivity index (χ2n) is 8.14. The number of benzene rings is 3. The molecule has 226 valence electrons. The van der Waals surface area contributed by atoms with Crippen LogP contribution in [-0.4, -0.2) is 37.9 Å². The molecule has 0 radical (unpaired) electrons. The summed E-state index contributed by atoms with van der Waals surface area (Å²) in [4.78, 5) is 25.5. The lowest BCUT2D eigenvalue weighted by Crippen LogP contribution is -2.50. The van der Waals surface area contributed by atoms with Crippen molar-refractivity contribution in [2.75, 3.05) is 17.7 Å². The third-order valence-corrected chi connectivity index (χ3v) is 6.16. The molecule has 0 saturated carbocycles. The number of rotatable bonds is 8. The van der Waals surface area contributed by atoms with Crippen LogP contribution in [-0.2, 0) is 5.67 Å². The number of ether oxygens (including phenoxy) is 2. The molecule has 42 heavy (non-hydrogen) atoms. The van der Waals surface area contributed by atoms with Crippen molar-refractivity contribution in [3.63, 3.8) is 0 Å². The quantitative estimate of drug-likeness (QED) is 0.237. The highest BCUT2D eigenvalue weighted by Gasteiger charge is 2.73. The van der Waals surface area contributed by atoms with Crippen LogP contribution in [0.25, 0.3) is 0 Å². The van der Waals surface area contributed by atoms with E-state index in [1.54, 1.807) is 6.07 Å². The first-order chi connectivity index (χ1) is 19.4. The maximum absolute atomic E-state index is 15.2. The average molecular weight is 677 g/mol. The molecule has 6 nitrogen and oxygen atoms in total. The predicted molar refractivity (Wildman–Crippen MR) is 131 cm³/mol. The van der Waals surface area contributed by atoms with E-state index >= 15 is 4.39 Å². The van der Waals surface area contributed by atoms with Gasteiger partial charge in [0.2, 0.25) is 0 Å². The van der Waals surface area contributed by atoms with Crippen LogP contribution in [0.4, 0.5) is 55.3 Å². The molecule has 0 aromatic heterocycles. The molecule has 0 bridgehead atoms. The number of methoxy groups -OCH3 is 1. The Bertz CT molecular complexity index is 1480. The predicted octanol–water partition coefficient (Wildman–Crippen LogP) is 7.99. The molecule has 0 heterocycles. The molecule has 2 amide bonds. The Hall–Kier alpha value is -4.02. The topological polar surface area (TPSA) is 76.7 Å². The summed E-state index contributed by atoms with van der Waals surface area (Å²) in [6.07, 6.45) is -13.2. The fourth-order valence-electron chi connectivity index (χ4n) is 3.59. The summed E-state index contributed by atoms with van der Waals surface area (Å²) >= 11 is 2.52. The minimum atomic E-state index is -6.59. The minimum absolute atomic E-state index is 0.0197. The summed E-state index contributed by atoms with van der Waals surface area (Å²) in [5, 5.41) is 4.03. The maximum Gasteiger partial charge on any atom is 0.435 e. The zero-order chi connectivity index (χ0) is 31.6. The van der Waals surface area contributed by atoms with Crippen molar-refractivity contribution >= 4 is 39.1 Å². The van der Waals surface area contributed by atoms with Crippen LogP contribution in [0.15, 0.2) is 59.1 Å². The number of para-hydroxylation sites is 1. The molecule has 2 N–H and O–H groups in total. The number of hydrogen-bond acceptors (Lipinski definition) is 4. The molecule has 17 heteroatoms. The smallest absolute Gasteiger partial charge is 0.435 e. The van der Waals surface area contributed by atoms with Gasteiger partial charge in [-0.25, -0.2) is 8.78 Å². The van der Waals surface area contributed by atoms with E-state index < -0.39 is 75.0 Å². The van der Waals surface area contributed by atoms with Gasteiger partial charge in [0, 0.05) is 10.0 Å². The Balaban J connectivity index is 2.02. The molecule has 0 spiro atoms. The molecule has 3 aromatic rings. The molecular formula is C25H15BrF10N2O4. The van der Waals surface area contributed by atoms with Crippen molar-refractivity contribution in [2.45, 2.75) is 24.6 Å².